The van der Waals surface area contributed by atoms with E-state index in [9.17, 15) is 4.79 Å². The number of hydrogen-bond acceptors (Lipinski definition) is 4. The standard InChI is InChI=1S/C15H16N4OS/c1-4-19-12(8-10(3)18-19)14(20)17-15-16-11-6-5-9(2)7-13(11)21-15/h5-8H,4H2,1-3H3,(H,16,17,20). The Bertz CT molecular complexity index is 818. The van der Waals surface area contributed by atoms with Crippen molar-refractivity contribution in [2.75, 3.05) is 5.32 Å². The van der Waals surface area contributed by atoms with Crippen LogP contribution < -0.4 is 5.32 Å². The first-order valence-electron chi connectivity index (χ1n) is 6.80. The molecule has 0 saturated heterocycles. The van der Waals surface area contributed by atoms with E-state index in [0.717, 1.165) is 15.9 Å². The van der Waals surface area contributed by atoms with Crippen molar-refractivity contribution < 1.29 is 4.79 Å². The first-order valence-corrected chi connectivity index (χ1v) is 7.61. The van der Waals surface area contributed by atoms with Crippen molar-refractivity contribution >= 4 is 32.6 Å². The number of nitrogens with zero attached hydrogens (tertiary/aromatic N) is 3. The monoisotopic (exact) mass is 300 g/mol. The average Bonchev–Trinajstić information content (AvgIpc) is 3.00. The summed E-state index contributed by atoms with van der Waals surface area (Å²) in [6, 6.07) is 7.85. The van der Waals surface area contributed by atoms with Crippen molar-refractivity contribution in [1.29, 1.82) is 0 Å². The van der Waals surface area contributed by atoms with Crippen molar-refractivity contribution in [3.05, 3.63) is 41.2 Å². The van der Waals surface area contributed by atoms with Crippen LogP contribution in [0.25, 0.3) is 10.2 Å². The van der Waals surface area contributed by atoms with Gasteiger partial charge >= 0.3 is 0 Å². The molecule has 3 rings (SSSR count). The maximum absolute atomic E-state index is 12.3. The number of thiazole rings is 1. The molecule has 6 heteroatoms. The molecule has 0 aliphatic rings. The van der Waals surface area contributed by atoms with Crippen molar-refractivity contribution in [2.45, 2.75) is 27.3 Å². The summed E-state index contributed by atoms with van der Waals surface area (Å²) in [5.74, 6) is -0.173. The van der Waals surface area contributed by atoms with Crippen LogP contribution in [0.2, 0.25) is 0 Å². The van der Waals surface area contributed by atoms with E-state index in [1.165, 1.54) is 16.9 Å². The smallest absolute Gasteiger partial charge is 0.275 e. The second-order valence-electron chi connectivity index (χ2n) is 4.93. The largest absolute Gasteiger partial charge is 0.296 e. The molecule has 1 aromatic carbocycles. The third-order valence-corrected chi connectivity index (χ3v) is 4.13. The minimum atomic E-state index is -0.173. The minimum Gasteiger partial charge on any atom is -0.296 e. The lowest BCUT2D eigenvalue weighted by Gasteiger charge is -2.03. The Hall–Kier alpha value is -2.21. The Kier molecular flexibility index (Phi) is 3.47. The molecule has 108 valence electrons. The van der Waals surface area contributed by atoms with Crippen LogP contribution in [0.1, 0.15) is 28.7 Å². The normalized spacial score (nSPS) is 11.0. The van der Waals surface area contributed by atoms with E-state index >= 15 is 0 Å². The van der Waals surface area contributed by atoms with Gasteiger partial charge in [-0.05, 0) is 44.5 Å². The van der Waals surface area contributed by atoms with E-state index in [2.05, 4.69) is 21.5 Å². The molecule has 1 amide bonds. The zero-order valence-corrected chi connectivity index (χ0v) is 13.0. The van der Waals surface area contributed by atoms with Gasteiger partial charge in [0, 0.05) is 6.54 Å². The number of fused-ring (bicyclic) bond motifs is 1. The van der Waals surface area contributed by atoms with Gasteiger partial charge in [0.1, 0.15) is 5.69 Å². The van der Waals surface area contributed by atoms with Crippen LogP contribution in [0.15, 0.2) is 24.3 Å². The van der Waals surface area contributed by atoms with Crippen LogP contribution in [0, 0.1) is 13.8 Å². The van der Waals surface area contributed by atoms with Gasteiger partial charge in [0.2, 0.25) is 0 Å². The molecule has 0 radical (unpaired) electrons. The Morgan fingerprint density at radius 1 is 1.33 bits per heavy atom. The van der Waals surface area contributed by atoms with Gasteiger partial charge in [0.05, 0.1) is 15.9 Å². The van der Waals surface area contributed by atoms with Crippen molar-refractivity contribution in [2.24, 2.45) is 0 Å². The first kappa shape index (κ1) is 13.8. The third-order valence-electron chi connectivity index (χ3n) is 3.20. The summed E-state index contributed by atoms with van der Waals surface area (Å²) in [5.41, 5.74) is 3.48. The lowest BCUT2D eigenvalue weighted by Crippen LogP contribution is -2.17. The molecule has 3 aromatic rings. The average molecular weight is 300 g/mol. The predicted octanol–water partition coefficient (Wildman–Crippen LogP) is 3.38. The number of carbonyl (C=O) groups excluding carboxylic acids is 1. The highest BCUT2D eigenvalue weighted by atomic mass is 32.1. The quantitative estimate of drug-likeness (QED) is 0.806. The number of aromatic nitrogens is 3. The SMILES string of the molecule is CCn1nc(C)cc1C(=O)Nc1nc2ccc(C)cc2s1. The molecule has 0 bridgehead atoms. The van der Waals surface area contributed by atoms with Gasteiger partial charge in [-0.15, -0.1) is 0 Å². The van der Waals surface area contributed by atoms with Crippen molar-refractivity contribution in [1.82, 2.24) is 14.8 Å². The van der Waals surface area contributed by atoms with Crippen LogP contribution in [0.5, 0.6) is 0 Å². The Morgan fingerprint density at radius 3 is 2.90 bits per heavy atom. The maximum atomic E-state index is 12.3. The van der Waals surface area contributed by atoms with Gasteiger partial charge in [0.25, 0.3) is 5.91 Å². The topological polar surface area (TPSA) is 59.8 Å². The summed E-state index contributed by atoms with van der Waals surface area (Å²) in [4.78, 5) is 16.8. The lowest BCUT2D eigenvalue weighted by molar-refractivity contribution is 0.101. The fourth-order valence-electron chi connectivity index (χ4n) is 2.22. The van der Waals surface area contributed by atoms with Gasteiger partial charge < -0.3 is 0 Å². The number of carbonyl (C=O) groups is 1. The molecule has 0 spiro atoms. The molecule has 5 nitrogen and oxygen atoms in total. The summed E-state index contributed by atoms with van der Waals surface area (Å²) in [5, 5.41) is 7.76. The van der Waals surface area contributed by atoms with Gasteiger partial charge in [-0.2, -0.15) is 5.10 Å². The Labute approximate surface area is 126 Å². The number of benzene rings is 1. The van der Waals surface area contributed by atoms with Crippen molar-refractivity contribution in [3.8, 4) is 0 Å². The van der Waals surface area contributed by atoms with E-state index in [0.29, 0.717) is 17.4 Å². The summed E-state index contributed by atoms with van der Waals surface area (Å²) in [6.07, 6.45) is 0. The summed E-state index contributed by atoms with van der Waals surface area (Å²) < 4.78 is 2.77. The third kappa shape index (κ3) is 2.67. The molecule has 2 heterocycles. The number of amides is 1. The molecular formula is C15H16N4OS. The second-order valence-corrected chi connectivity index (χ2v) is 5.96. The molecule has 0 aliphatic carbocycles. The van der Waals surface area contributed by atoms with Crippen molar-refractivity contribution in [3.63, 3.8) is 0 Å². The Balaban J connectivity index is 1.88. The Morgan fingerprint density at radius 2 is 2.14 bits per heavy atom. The molecule has 1 N–H and O–H groups in total. The zero-order valence-electron chi connectivity index (χ0n) is 12.2. The first-order chi connectivity index (χ1) is 10.1. The van der Waals surface area contributed by atoms with Gasteiger partial charge in [-0.25, -0.2) is 4.98 Å². The fourth-order valence-corrected chi connectivity index (χ4v) is 3.17. The molecule has 0 unspecified atom stereocenters. The second kappa shape index (κ2) is 5.29. The minimum absolute atomic E-state index is 0.173. The molecular weight excluding hydrogens is 284 g/mol. The van der Waals surface area contributed by atoms with Crippen LogP contribution in [0.3, 0.4) is 0 Å². The zero-order chi connectivity index (χ0) is 15.0. The number of rotatable bonds is 3. The van der Waals surface area contributed by atoms with Crippen LogP contribution in [-0.4, -0.2) is 20.7 Å². The summed E-state index contributed by atoms with van der Waals surface area (Å²) in [7, 11) is 0. The van der Waals surface area contributed by atoms with Crippen LogP contribution in [-0.2, 0) is 6.54 Å². The predicted molar refractivity (Wildman–Crippen MR) is 84.9 cm³/mol. The van der Waals surface area contributed by atoms with Gasteiger partial charge in [0.15, 0.2) is 5.13 Å². The molecule has 0 fully saturated rings. The van der Waals surface area contributed by atoms with E-state index in [-0.39, 0.29) is 5.91 Å². The van der Waals surface area contributed by atoms with Crippen LogP contribution >= 0.6 is 11.3 Å². The number of aryl methyl sites for hydroxylation is 3. The highest BCUT2D eigenvalue weighted by molar-refractivity contribution is 7.22. The lowest BCUT2D eigenvalue weighted by atomic mass is 10.2. The molecule has 21 heavy (non-hydrogen) atoms. The van der Waals surface area contributed by atoms with E-state index in [1.54, 1.807) is 10.7 Å². The fraction of sp³-hybridized carbons (Fsp3) is 0.267. The highest BCUT2D eigenvalue weighted by Gasteiger charge is 2.15. The number of hydrogen-bond donors (Lipinski definition) is 1. The highest BCUT2D eigenvalue weighted by Crippen LogP contribution is 2.27. The van der Waals surface area contributed by atoms with Gasteiger partial charge in [-0.3, -0.25) is 14.8 Å². The number of nitrogens with one attached hydrogen (secondary N) is 1. The van der Waals surface area contributed by atoms with E-state index in [1.807, 2.05) is 32.9 Å². The molecule has 0 atom stereocenters. The molecule has 2 aromatic heterocycles. The molecule has 0 saturated carbocycles. The summed E-state index contributed by atoms with van der Waals surface area (Å²) in [6.45, 7) is 6.54. The van der Waals surface area contributed by atoms with E-state index < -0.39 is 0 Å². The number of anilines is 1. The molecule has 0 aliphatic heterocycles. The van der Waals surface area contributed by atoms with Crippen LogP contribution in [0.4, 0.5) is 5.13 Å². The maximum Gasteiger partial charge on any atom is 0.275 e. The van der Waals surface area contributed by atoms with Gasteiger partial charge in [-0.1, -0.05) is 17.4 Å². The van der Waals surface area contributed by atoms with E-state index in [4.69, 9.17) is 0 Å². The summed E-state index contributed by atoms with van der Waals surface area (Å²) >= 11 is 1.48.